The number of nitrogens with zero attached hydrogens (tertiary/aromatic N) is 1. The maximum absolute atomic E-state index is 13.2. The van der Waals surface area contributed by atoms with Gasteiger partial charge in [0.1, 0.15) is 0 Å². The summed E-state index contributed by atoms with van der Waals surface area (Å²) in [4.78, 5) is 12.9. The Kier molecular flexibility index (Phi) is 5.97. The van der Waals surface area contributed by atoms with Crippen molar-refractivity contribution in [3.8, 4) is 0 Å². The molecule has 0 aliphatic carbocycles. The van der Waals surface area contributed by atoms with Gasteiger partial charge in [0, 0.05) is 28.2 Å². The van der Waals surface area contributed by atoms with Gasteiger partial charge in [0.15, 0.2) is 0 Å². The number of amides is 1. The molecule has 0 bridgehead atoms. The van der Waals surface area contributed by atoms with Gasteiger partial charge in [-0.15, -0.1) is 0 Å². The predicted molar refractivity (Wildman–Crippen MR) is 123 cm³/mol. The number of anilines is 1. The van der Waals surface area contributed by atoms with Gasteiger partial charge >= 0.3 is 0 Å². The average Bonchev–Trinajstić information content (AvgIpc) is 3.09. The highest BCUT2D eigenvalue weighted by Crippen LogP contribution is 2.37. The summed E-state index contributed by atoms with van der Waals surface area (Å²) in [5.41, 5.74) is 2.65. The molecule has 1 amide bonds. The summed E-state index contributed by atoms with van der Waals surface area (Å²) in [6.07, 6.45) is 0.533. The fraction of sp³-hybridized carbons (Fsp3) is 0.174. The number of fused-ring (bicyclic) bond motifs is 1. The number of halogens is 2. The molecule has 1 atom stereocenters. The first-order chi connectivity index (χ1) is 14.8. The van der Waals surface area contributed by atoms with Gasteiger partial charge < -0.3 is 5.32 Å². The summed E-state index contributed by atoms with van der Waals surface area (Å²) in [7, 11) is -3.68. The minimum atomic E-state index is -3.68. The lowest BCUT2D eigenvalue weighted by molar-refractivity contribution is 0.0951. The summed E-state index contributed by atoms with van der Waals surface area (Å²) >= 11 is 12.1. The van der Waals surface area contributed by atoms with E-state index in [0.29, 0.717) is 27.7 Å². The van der Waals surface area contributed by atoms with E-state index in [1.807, 2.05) is 6.92 Å². The first-order valence-corrected chi connectivity index (χ1v) is 11.9. The molecule has 0 aromatic heterocycles. The van der Waals surface area contributed by atoms with E-state index in [1.54, 1.807) is 66.7 Å². The van der Waals surface area contributed by atoms with Crippen LogP contribution in [0.15, 0.2) is 71.6 Å². The molecule has 0 fully saturated rings. The summed E-state index contributed by atoms with van der Waals surface area (Å²) in [5.74, 6) is -0.258. The van der Waals surface area contributed by atoms with Crippen molar-refractivity contribution in [1.29, 1.82) is 0 Å². The molecule has 3 aromatic rings. The van der Waals surface area contributed by atoms with Gasteiger partial charge in [0.2, 0.25) is 0 Å². The lowest BCUT2D eigenvalue weighted by Crippen LogP contribution is -2.35. The highest BCUT2D eigenvalue weighted by Gasteiger charge is 2.36. The smallest absolute Gasteiger partial charge is 0.264 e. The number of sulfonamides is 1. The third-order valence-corrected chi connectivity index (χ3v) is 7.78. The molecule has 4 rings (SSSR count). The lowest BCUT2D eigenvalue weighted by Gasteiger charge is -2.24. The van der Waals surface area contributed by atoms with Crippen LogP contribution >= 0.6 is 23.2 Å². The molecule has 1 aliphatic rings. The van der Waals surface area contributed by atoms with Crippen LogP contribution < -0.4 is 9.62 Å². The Morgan fingerprint density at radius 2 is 1.81 bits per heavy atom. The number of nitrogens with one attached hydrogen (secondary N) is 1. The third-order valence-electron chi connectivity index (χ3n) is 5.25. The molecule has 0 radical (unpaired) electrons. The zero-order valence-corrected chi connectivity index (χ0v) is 19.0. The minimum absolute atomic E-state index is 0.244. The van der Waals surface area contributed by atoms with Gasteiger partial charge in [-0.3, -0.25) is 9.10 Å². The Morgan fingerprint density at radius 3 is 2.52 bits per heavy atom. The predicted octanol–water partition coefficient (Wildman–Crippen LogP) is 5.06. The Bertz CT molecular complexity index is 1250. The Balaban J connectivity index is 1.55. The molecule has 1 heterocycles. The van der Waals surface area contributed by atoms with E-state index in [4.69, 9.17) is 23.2 Å². The quantitative estimate of drug-likeness (QED) is 0.561. The van der Waals surface area contributed by atoms with E-state index in [0.717, 1.165) is 11.1 Å². The maximum Gasteiger partial charge on any atom is 0.264 e. The topological polar surface area (TPSA) is 66.5 Å². The zero-order valence-electron chi connectivity index (χ0n) is 16.7. The van der Waals surface area contributed by atoms with Crippen LogP contribution in [0.2, 0.25) is 10.0 Å². The van der Waals surface area contributed by atoms with Crippen LogP contribution in [0.1, 0.15) is 28.4 Å². The standard InChI is InChI=1S/C23H20Cl2N2O3S/c1-15-11-18-12-16(23(28)26-14-17-7-9-19(24)13-21(17)25)8-10-22(18)27(15)31(29,30)20-5-3-2-4-6-20/h2-10,12-13,15H,11,14H2,1H3,(H,26,28)/t15-/m1/s1. The van der Waals surface area contributed by atoms with Crippen molar-refractivity contribution in [2.75, 3.05) is 4.31 Å². The average molecular weight is 475 g/mol. The molecule has 0 spiro atoms. The van der Waals surface area contributed by atoms with Crippen LogP contribution in [0.3, 0.4) is 0 Å². The Morgan fingerprint density at radius 1 is 1.06 bits per heavy atom. The summed E-state index contributed by atoms with van der Waals surface area (Å²) in [6, 6.07) is 18.3. The lowest BCUT2D eigenvalue weighted by atomic mass is 10.1. The number of carbonyl (C=O) groups excluding carboxylic acids is 1. The molecule has 1 aliphatic heterocycles. The molecule has 8 heteroatoms. The number of carbonyl (C=O) groups is 1. The van der Waals surface area contributed by atoms with Gasteiger partial charge in [0.25, 0.3) is 15.9 Å². The number of hydrogen-bond acceptors (Lipinski definition) is 3. The highest BCUT2D eigenvalue weighted by atomic mass is 35.5. The van der Waals surface area contributed by atoms with Gasteiger partial charge in [0.05, 0.1) is 10.6 Å². The number of hydrogen-bond donors (Lipinski definition) is 1. The Hall–Kier alpha value is -2.54. The molecule has 5 nitrogen and oxygen atoms in total. The van der Waals surface area contributed by atoms with Crippen LogP contribution in [-0.4, -0.2) is 20.4 Å². The molecule has 0 saturated heterocycles. The van der Waals surface area contributed by atoms with Crippen LogP contribution in [-0.2, 0) is 23.0 Å². The monoisotopic (exact) mass is 474 g/mol. The number of rotatable bonds is 5. The molecule has 31 heavy (non-hydrogen) atoms. The van der Waals surface area contributed by atoms with Gasteiger partial charge in [-0.05, 0) is 66.9 Å². The van der Waals surface area contributed by atoms with E-state index in [-0.39, 0.29) is 23.4 Å². The summed E-state index contributed by atoms with van der Waals surface area (Å²) in [6.45, 7) is 2.12. The van der Waals surface area contributed by atoms with Gasteiger partial charge in [-0.2, -0.15) is 0 Å². The first kappa shape index (κ1) is 21.7. The first-order valence-electron chi connectivity index (χ1n) is 9.72. The van der Waals surface area contributed by atoms with Crippen molar-refractivity contribution in [3.05, 3.63) is 93.5 Å². The fourth-order valence-electron chi connectivity index (χ4n) is 3.76. The van der Waals surface area contributed by atoms with E-state index in [9.17, 15) is 13.2 Å². The minimum Gasteiger partial charge on any atom is -0.348 e. The molecular formula is C23H20Cl2N2O3S. The molecule has 160 valence electrons. The SMILES string of the molecule is C[C@@H]1Cc2cc(C(=O)NCc3ccc(Cl)cc3Cl)ccc2N1S(=O)(=O)c1ccccc1. The van der Waals surface area contributed by atoms with E-state index in [2.05, 4.69) is 5.32 Å². The van der Waals surface area contributed by atoms with Crippen molar-refractivity contribution < 1.29 is 13.2 Å². The largest absolute Gasteiger partial charge is 0.348 e. The molecular weight excluding hydrogens is 455 g/mol. The van der Waals surface area contributed by atoms with Crippen LogP contribution in [0.5, 0.6) is 0 Å². The van der Waals surface area contributed by atoms with E-state index >= 15 is 0 Å². The molecule has 1 N–H and O–H groups in total. The van der Waals surface area contributed by atoms with Crippen LogP contribution in [0.4, 0.5) is 5.69 Å². The van der Waals surface area contributed by atoms with Crippen molar-refractivity contribution in [2.24, 2.45) is 0 Å². The van der Waals surface area contributed by atoms with E-state index in [1.165, 1.54) is 4.31 Å². The van der Waals surface area contributed by atoms with Crippen LogP contribution in [0, 0.1) is 0 Å². The fourth-order valence-corrected chi connectivity index (χ4v) is 5.95. The maximum atomic E-state index is 13.2. The van der Waals surface area contributed by atoms with Crippen molar-refractivity contribution in [2.45, 2.75) is 30.8 Å². The second-order valence-electron chi connectivity index (χ2n) is 7.43. The normalized spacial score (nSPS) is 15.6. The highest BCUT2D eigenvalue weighted by molar-refractivity contribution is 7.92. The Labute approximate surface area is 191 Å². The van der Waals surface area contributed by atoms with Gasteiger partial charge in [-0.25, -0.2) is 8.42 Å². The number of benzene rings is 3. The van der Waals surface area contributed by atoms with Crippen molar-refractivity contribution in [3.63, 3.8) is 0 Å². The molecule has 0 unspecified atom stereocenters. The summed E-state index contributed by atoms with van der Waals surface area (Å²) in [5, 5.41) is 3.86. The van der Waals surface area contributed by atoms with E-state index < -0.39 is 10.0 Å². The second-order valence-corrected chi connectivity index (χ2v) is 10.1. The zero-order chi connectivity index (χ0) is 22.2. The second kappa shape index (κ2) is 8.54. The third kappa shape index (κ3) is 4.28. The van der Waals surface area contributed by atoms with Gasteiger partial charge in [-0.1, -0.05) is 47.5 Å². The van der Waals surface area contributed by atoms with Crippen molar-refractivity contribution >= 4 is 44.8 Å². The van der Waals surface area contributed by atoms with Crippen LogP contribution in [0.25, 0.3) is 0 Å². The molecule has 3 aromatic carbocycles. The summed E-state index contributed by atoms with van der Waals surface area (Å²) < 4.78 is 27.8. The van der Waals surface area contributed by atoms with Crippen molar-refractivity contribution in [1.82, 2.24) is 5.32 Å². The molecule has 0 saturated carbocycles.